The minimum atomic E-state index is 0.213. The van der Waals surface area contributed by atoms with Crippen LogP contribution < -0.4 is 0 Å². The minimum Gasteiger partial charge on any atom is -0.295 e. The summed E-state index contributed by atoms with van der Waals surface area (Å²) in [6.07, 6.45) is 27.8. The highest BCUT2D eigenvalue weighted by molar-refractivity contribution is 5.91. The lowest BCUT2D eigenvalue weighted by atomic mass is 9.97. The Labute approximate surface area is 165 Å². The van der Waals surface area contributed by atoms with E-state index in [2.05, 4.69) is 26.8 Å². The quantitative estimate of drug-likeness (QED) is 0.156. The van der Waals surface area contributed by atoms with Crippen LogP contribution in [0.2, 0.25) is 0 Å². The van der Waals surface area contributed by atoms with Crippen LogP contribution in [-0.4, -0.2) is 5.78 Å². The van der Waals surface area contributed by atoms with Crippen molar-refractivity contribution in [1.29, 1.82) is 0 Å². The molecule has 0 spiro atoms. The second-order valence-electron chi connectivity index (χ2n) is 8.23. The van der Waals surface area contributed by atoms with Gasteiger partial charge in [0.2, 0.25) is 0 Å². The Balaban J connectivity index is 3.38. The molecule has 0 saturated heterocycles. The van der Waals surface area contributed by atoms with Crippen LogP contribution in [-0.2, 0) is 4.79 Å². The van der Waals surface area contributed by atoms with Crippen LogP contribution in [0.25, 0.3) is 0 Å². The number of carbonyl (C=O) groups excluding carboxylic acids is 1. The standard InChI is InChI=1S/C25H48O/c1-4-6-8-10-12-13-14-15-16-17-18-20-22-24(3)25(26)23-21-19-11-9-7-5-2/h21,23-24H,4-20,22H2,1-3H3/b23-21+. The van der Waals surface area contributed by atoms with Crippen molar-refractivity contribution < 1.29 is 4.79 Å². The van der Waals surface area contributed by atoms with Crippen molar-refractivity contribution in [3.05, 3.63) is 12.2 Å². The molecule has 0 aliphatic rings. The van der Waals surface area contributed by atoms with E-state index in [4.69, 9.17) is 0 Å². The van der Waals surface area contributed by atoms with Gasteiger partial charge >= 0.3 is 0 Å². The summed E-state index contributed by atoms with van der Waals surface area (Å²) in [6, 6.07) is 0. The molecular weight excluding hydrogens is 316 g/mol. The van der Waals surface area contributed by atoms with Crippen molar-refractivity contribution in [2.45, 2.75) is 136 Å². The SMILES string of the molecule is CCCCCC/C=C/C(=O)C(C)CCCCCCCCCCCCCC. The van der Waals surface area contributed by atoms with E-state index in [9.17, 15) is 4.79 Å². The van der Waals surface area contributed by atoms with Crippen LogP contribution >= 0.6 is 0 Å². The molecule has 0 N–H and O–H groups in total. The van der Waals surface area contributed by atoms with Crippen molar-refractivity contribution in [3.63, 3.8) is 0 Å². The van der Waals surface area contributed by atoms with Crippen LogP contribution in [0, 0.1) is 5.92 Å². The van der Waals surface area contributed by atoms with Crippen LogP contribution in [0.5, 0.6) is 0 Å². The van der Waals surface area contributed by atoms with E-state index in [0.717, 1.165) is 12.8 Å². The molecule has 0 rings (SSSR count). The maximum Gasteiger partial charge on any atom is 0.158 e. The largest absolute Gasteiger partial charge is 0.295 e. The lowest BCUT2D eigenvalue weighted by molar-refractivity contribution is -0.117. The summed E-state index contributed by atoms with van der Waals surface area (Å²) in [6.45, 7) is 6.61. The third kappa shape index (κ3) is 18.2. The van der Waals surface area contributed by atoms with Gasteiger partial charge in [0.05, 0.1) is 0 Å². The van der Waals surface area contributed by atoms with Gasteiger partial charge in [0.25, 0.3) is 0 Å². The van der Waals surface area contributed by atoms with Crippen molar-refractivity contribution in [2.24, 2.45) is 5.92 Å². The highest BCUT2D eigenvalue weighted by atomic mass is 16.1. The number of hydrogen-bond donors (Lipinski definition) is 0. The van der Waals surface area contributed by atoms with Crippen molar-refractivity contribution in [1.82, 2.24) is 0 Å². The first-order valence-corrected chi connectivity index (χ1v) is 11.9. The number of ketones is 1. The number of unbranched alkanes of at least 4 members (excludes halogenated alkanes) is 15. The van der Waals surface area contributed by atoms with Gasteiger partial charge in [-0.15, -0.1) is 0 Å². The van der Waals surface area contributed by atoms with Crippen LogP contribution in [0.15, 0.2) is 12.2 Å². The lowest BCUT2D eigenvalue weighted by Gasteiger charge is -2.07. The lowest BCUT2D eigenvalue weighted by Crippen LogP contribution is -2.07. The molecule has 0 heterocycles. The molecular formula is C25H48O. The molecule has 1 heteroatoms. The third-order valence-corrected chi connectivity index (χ3v) is 5.48. The van der Waals surface area contributed by atoms with Gasteiger partial charge in [-0.25, -0.2) is 0 Å². The summed E-state index contributed by atoms with van der Waals surface area (Å²) in [4.78, 5) is 12.1. The molecule has 0 aromatic rings. The monoisotopic (exact) mass is 364 g/mol. The van der Waals surface area contributed by atoms with Gasteiger partial charge < -0.3 is 0 Å². The highest BCUT2D eigenvalue weighted by Crippen LogP contribution is 2.15. The normalized spacial score (nSPS) is 12.7. The molecule has 0 aromatic heterocycles. The smallest absolute Gasteiger partial charge is 0.158 e. The number of rotatable bonds is 20. The molecule has 0 aliphatic heterocycles. The second kappa shape index (κ2) is 20.7. The average molecular weight is 365 g/mol. The summed E-state index contributed by atoms with van der Waals surface area (Å²) < 4.78 is 0. The van der Waals surface area contributed by atoms with E-state index < -0.39 is 0 Å². The predicted octanol–water partition coefficient (Wildman–Crippen LogP) is 8.81. The van der Waals surface area contributed by atoms with Gasteiger partial charge in [0.15, 0.2) is 5.78 Å². The predicted molar refractivity (Wildman–Crippen MR) is 118 cm³/mol. The van der Waals surface area contributed by atoms with Gasteiger partial charge in [0, 0.05) is 5.92 Å². The van der Waals surface area contributed by atoms with Gasteiger partial charge in [-0.05, 0) is 25.3 Å². The average Bonchev–Trinajstić information content (AvgIpc) is 2.65. The zero-order valence-electron chi connectivity index (χ0n) is 18.4. The molecule has 0 amide bonds. The van der Waals surface area contributed by atoms with Crippen molar-refractivity contribution in [3.8, 4) is 0 Å². The van der Waals surface area contributed by atoms with E-state index in [1.54, 1.807) is 0 Å². The van der Waals surface area contributed by atoms with E-state index in [1.165, 1.54) is 103 Å². The van der Waals surface area contributed by atoms with E-state index in [1.807, 2.05) is 6.08 Å². The summed E-state index contributed by atoms with van der Waals surface area (Å²) in [7, 11) is 0. The topological polar surface area (TPSA) is 17.1 Å². The molecule has 0 fully saturated rings. The molecule has 26 heavy (non-hydrogen) atoms. The molecule has 154 valence electrons. The summed E-state index contributed by atoms with van der Waals surface area (Å²) in [5, 5.41) is 0. The first-order valence-electron chi connectivity index (χ1n) is 11.9. The molecule has 1 unspecified atom stereocenters. The fraction of sp³-hybridized carbons (Fsp3) is 0.880. The van der Waals surface area contributed by atoms with E-state index in [0.29, 0.717) is 5.78 Å². The van der Waals surface area contributed by atoms with Gasteiger partial charge in [-0.3, -0.25) is 4.79 Å². The second-order valence-corrected chi connectivity index (χ2v) is 8.23. The Hall–Kier alpha value is -0.590. The number of allylic oxidation sites excluding steroid dienone is 2. The fourth-order valence-corrected chi connectivity index (χ4v) is 3.49. The molecule has 0 bridgehead atoms. The number of hydrogen-bond acceptors (Lipinski definition) is 1. The van der Waals surface area contributed by atoms with Crippen molar-refractivity contribution >= 4 is 5.78 Å². The minimum absolute atomic E-state index is 0.213. The van der Waals surface area contributed by atoms with Crippen molar-refractivity contribution in [2.75, 3.05) is 0 Å². The van der Waals surface area contributed by atoms with Gasteiger partial charge in [-0.2, -0.15) is 0 Å². The first kappa shape index (κ1) is 25.4. The Bertz CT molecular complexity index is 318. The van der Waals surface area contributed by atoms with Crippen LogP contribution in [0.4, 0.5) is 0 Å². The third-order valence-electron chi connectivity index (χ3n) is 5.48. The Morgan fingerprint density at radius 1 is 0.654 bits per heavy atom. The van der Waals surface area contributed by atoms with Gasteiger partial charge in [-0.1, -0.05) is 123 Å². The van der Waals surface area contributed by atoms with Gasteiger partial charge in [0.1, 0.15) is 0 Å². The molecule has 0 aromatic carbocycles. The molecule has 0 aliphatic carbocycles. The Morgan fingerprint density at radius 3 is 1.58 bits per heavy atom. The summed E-state index contributed by atoms with van der Waals surface area (Å²) >= 11 is 0. The van der Waals surface area contributed by atoms with E-state index in [-0.39, 0.29) is 5.92 Å². The highest BCUT2D eigenvalue weighted by Gasteiger charge is 2.08. The Kier molecular flexibility index (Phi) is 20.2. The summed E-state index contributed by atoms with van der Waals surface area (Å²) in [5.41, 5.74) is 0. The van der Waals surface area contributed by atoms with E-state index >= 15 is 0 Å². The summed E-state index contributed by atoms with van der Waals surface area (Å²) in [5.74, 6) is 0.550. The zero-order chi connectivity index (χ0) is 19.3. The number of carbonyl (C=O) groups is 1. The maximum absolute atomic E-state index is 12.1. The first-order chi connectivity index (χ1) is 12.7. The zero-order valence-corrected chi connectivity index (χ0v) is 18.4. The molecule has 1 atom stereocenters. The molecule has 0 radical (unpaired) electrons. The fourth-order valence-electron chi connectivity index (χ4n) is 3.49. The van der Waals surface area contributed by atoms with Crippen LogP contribution in [0.1, 0.15) is 136 Å². The Morgan fingerprint density at radius 2 is 1.08 bits per heavy atom. The molecule has 0 saturated carbocycles. The van der Waals surface area contributed by atoms with Crippen LogP contribution in [0.3, 0.4) is 0 Å². The molecule has 1 nitrogen and oxygen atoms in total. The maximum atomic E-state index is 12.1.